The summed E-state index contributed by atoms with van der Waals surface area (Å²) in [7, 11) is 0. The normalized spacial score (nSPS) is 25.3. The Balaban J connectivity index is 1.59. The van der Waals surface area contributed by atoms with Crippen LogP contribution in [0.2, 0.25) is 0 Å². The van der Waals surface area contributed by atoms with Crippen LogP contribution in [0.1, 0.15) is 18.0 Å². The van der Waals surface area contributed by atoms with Gasteiger partial charge in [-0.15, -0.1) is 0 Å². The molecule has 2 heterocycles. The minimum atomic E-state index is -0.964. The molecule has 4 atom stereocenters. The van der Waals surface area contributed by atoms with Crippen molar-refractivity contribution in [3.63, 3.8) is 0 Å². The first-order valence-corrected chi connectivity index (χ1v) is 10.4. The molecule has 0 unspecified atom stereocenters. The number of aliphatic hydroxyl groups excluding tert-OH is 3. The van der Waals surface area contributed by atoms with Gasteiger partial charge < -0.3 is 19.9 Å². The van der Waals surface area contributed by atoms with Gasteiger partial charge in [0.05, 0.1) is 18.5 Å². The molecule has 0 spiro atoms. The second-order valence-corrected chi connectivity index (χ2v) is 8.52. The molecule has 0 saturated heterocycles. The minimum Gasteiger partial charge on any atom is -0.396 e. The predicted molar refractivity (Wildman–Crippen MR) is 105 cm³/mol. The van der Waals surface area contributed by atoms with Gasteiger partial charge in [0.15, 0.2) is 5.65 Å². The zero-order valence-electron chi connectivity index (χ0n) is 14.3. The Kier molecular flexibility index (Phi) is 5.47. The van der Waals surface area contributed by atoms with E-state index < -0.39 is 12.2 Å². The molecule has 9 heteroatoms. The molecule has 1 aliphatic rings. The number of benzene rings is 1. The zero-order chi connectivity index (χ0) is 19.0. The highest BCUT2D eigenvalue weighted by Gasteiger charge is 2.42. The molecule has 4 rings (SSSR count). The number of imidazole rings is 1. The summed E-state index contributed by atoms with van der Waals surface area (Å²) < 4.78 is 2.82. The molecular formula is C18H19BrN4O3S. The van der Waals surface area contributed by atoms with Crippen molar-refractivity contribution in [1.29, 1.82) is 0 Å². The standard InChI is InChI=1S/C18H19BrN4O3S/c19-12-3-1-10(2-4-12)7-27-18-14-17(20-8-21-18)23(9-22-14)13-5-11(6-24)15(25)16(13)26/h1-4,8-9,11,13,15-16,24-26H,5-7H2/t11-,13-,15-,16+/m1/s1. The third-order valence-electron chi connectivity index (χ3n) is 4.98. The molecule has 1 aliphatic carbocycles. The lowest BCUT2D eigenvalue weighted by Crippen LogP contribution is -2.30. The van der Waals surface area contributed by atoms with Crippen molar-refractivity contribution >= 4 is 38.9 Å². The Morgan fingerprint density at radius 2 is 1.89 bits per heavy atom. The molecule has 142 valence electrons. The number of thioether (sulfide) groups is 1. The van der Waals surface area contributed by atoms with Crippen molar-refractivity contribution in [3.8, 4) is 0 Å². The van der Waals surface area contributed by atoms with Crippen LogP contribution in [0.4, 0.5) is 0 Å². The van der Waals surface area contributed by atoms with Crippen molar-refractivity contribution in [2.75, 3.05) is 6.61 Å². The summed E-state index contributed by atoms with van der Waals surface area (Å²) in [6, 6.07) is 7.75. The van der Waals surface area contributed by atoms with Crippen LogP contribution in [0.3, 0.4) is 0 Å². The summed E-state index contributed by atoms with van der Waals surface area (Å²) in [5.74, 6) is 0.402. The molecule has 3 N–H and O–H groups in total. The van der Waals surface area contributed by atoms with Gasteiger partial charge in [-0.05, 0) is 24.1 Å². The summed E-state index contributed by atoms with van der Waals surface area (Å²) in [6.45, 7) is -0.162. The maximum Gasteiger partial charge on any atom is 0.164 e. The zero-order valence-corrected chi connectivity index (χ0v) is 16.7. The molecule has 0 amide bonds. The van der Waals surface area contributed by atoms with Crippen LogP contribution in [0.5, 0.6) is 0 Å². The number of hydrogen-bond donors (Lipinski definition) is 3. The number of aromatic nitrogens is 4. The highest BCUT2D eigenvalue weighted by molar-refractivity contribution is 9.10. The fraction of sp³-hybridized carbons (Fsp3) is 0.389. The van der Waals surface area contributed by atoms with Crippen molar-refractivity contribution in [2.24, 2.45) is 5.92 Å². The maximum atomic E-state index is 10.4. The van der Waals surface area contributed by atoms with Crippen LogP contribution in [-0.4, -0.2) is 53.7 Å². The van der Waals surface area contributed by atoms with Crippen LogP contribution in [0.25, 0.3) is 11.2 Å². The van der Waals surface area contributed by atoms with Crippen molar-refractivity contribution < 1.29 is 15.3 Å². The van der Waals surface area contributed by atoms with E-state index >= 15 is 0 Å². The molecular weight excluding hydrogens is 432 g/mol. The fourth-order valence-corrected chi connectivity index (χ4v) is 4.63. The SMILES string of the molecule is OC[C@H]1C[C@@H](n2cnc3c(SCc4ccc(Br)cc4)ncnc32)[C@H](O)[C@@H]1O. The van der Waals surface area contributed by atoms with Crippen molar-refractivity contribution in [1.82, 2.24) is 19.5 Å². The maximum absolute atomic E-state index is 10.4. The molecule has 1 saturated carbocycles. The van der Waals surface area contributed by atoms with Gasteiger partial charge in [0.2, 0.25) is 0 Å². The monoisotopic (exact) mass is 450 g/mol. The summed E-state index contributed by atoms with van der Waals surface area (Å²) in [5.41, 5.74) is 2.47. The van der Waals surface area contributed by atoms with E-state index in [-0.39, 0.29) is 18.6 Å². The van der Waals surface area contributed by atoms with Crippen LogP contribution < -0.4 is 0 Å². The van der Waals surface area contributed by atoms with E-state index in [1.165, 1.54) is 11.9 Å². The Morgan fingerprint density at radius 1 is 1.11 bits per heavy atom. The molecule has 0 radical (unpaired) electrons. The first-order chi connectivity index (χ1) is 13.1. The number of rotatable bonds is 5. The Bertz CT molecular complexity index is 936. The van der Waals surface area contributed by atoms with E-state index in [1.807, 2.05) is 12.1 Å². The third kappa shape index (κ3) is 3.62. The second kappa shape index (κ2) is 7.84. The number of aliphatic hydroxyl groups is 3. The average molecular weight is 451 g/mol. The smallest absolute Gasteiger partial charge is 0.164 e. The minimum absolute atomic E-state index is 0.162. The topological polar surface area (TPSA) is 104 Å². The van der Waals surface area contributed by atoms with Crippen molar-refractivity contribution in [2.45, 2.75) is 35.4 Å². The van der Waals surface area contributed by atoms with E-state index in [0.717, 1.165) is 15.3 Å². The lowest BCUT2D eigenvalue weighted by molar-refractivity contribution is -0.00370. The largest absolute Gasteiger partial charge is 0.396 e. The van der Waals surface area contributed by atoms with E-state index in [4.69, 9.17) is 0 Å². The van der Waals surface area contributed by atoms with Gasteiger partial charge in [-0.1, -0.05) is 39.8 Å². The van der Waals surface area contributed by atoms with Gasteiger partial charge >= 0.3 is 0 Å². The quantitative estimate of drug-likeness (QED) is 0.404. The third-order valence-corrected chi connectivity index (χ3v) is 6.56. The van der Waals surface area contributed by atoms with Crippen LogP contribution in [-0.2, 0) is 5.75 Å². The van der Waals surface area contributed by atoms with E-state index in [0.29, 0.717) is 17.6 Å². The molecule has 1 aromatic carbocycles. The van der Waals surface area contributed by atoms with Gasteiger partial charge in [0, 0.05) is 22.8 Å². The number of fused-ring (bicyclic) bond motifs is 1. The molecule has 1 fully saturated rings. The first kappa shape index (κ1) is 18.8. The van der Waals surface area contributed by atoms with E-state index in [2.05, 4.69) is 43.0 Å². The van der Waals surface area contributed by atoms with E-state index in [9.17, 15) is 15.3 Å². The van der Waals surface area contributed by atoms with Gasteiger partial charge in [-0.2, -0.15) is 0 Å². The van der Waals surface area contributed by atoms with Gasteiger partial charge in [0.1, 0.15) is 23.0 Å². The molecule has 7 nitrogen and oxygen atoms in total. The molecule has 27 heavy (non-hydrogen) atoms. The average Bonchev–Trinajstić information content (AvgIpc) is 3.23. The van der Waals surface area contributed by atoms with Crippen LogP contribution in [0.15, 0.2) is 46.4 Å². The van der Waals surface area contributed by atoms with Gasteiger partial charge in [-0.3, -0.25) is 0 Å². The summed E-state index contributed by atoms with van der Waals surface area (Å²) in [5, 5.41) is 30.6. The molecule has 3 aromatic rings. The highest BCUT2D eigenvalue weighted by Crippen LogP contribution is 2.37. The molecule has 0 bridgehead atoms. The summed E-state index contributed by atoms with van der Waals surface area (Å²) >= 11 is 5.01. The summed E-state index contributed by atoms with van der Waals surface area (Å²) in [6.07, 6.45) is 1.67. The van der Waals surface area contributed by atoms with E-state index in [1.54, 1.807) is 22.7 Å². The van der Waals surface area contributed by atoms with Crippen LogP contribution >= 0.6 is 27.7 Å². The first-order valence-electron chi connectivity index (χ1n) is 8.60. The number of hydrogen-bond acceptors (Lipinski definition) is 7. The van der Waals surface area contributed by atoms with Gasteiger partial charge in [-0.25, -0.2) is 15.0 Å². The number of halogens is 1. The Labute approximate surface area is 168 Å². The molecule has 2 aromatic heterocycles. The van der Waals surface area contributed by atoms with Gasteiger partial charge in [0.25, 0.3) is 0 Å². The summed E-state index contributed by atoms with van der Waals surface area (Å²) in [4.78, 5) is 13.2. The molecule has 0 aliphatic heterocycles. The predicted octanol–water partition coefficient (Wildman–Crippen LogP) is 2.16. The highest BCUT2D eigenvalue weighted by atomic mass is 79.9. The number of nitrogens with zero attached hydrogens (tertiary/aromatic N) is 4. The lowest BCUT2D eigenvalue weighted by atomic mass is 10.1. The Hall–Kier alpha value is -1.52. The Morgan fingerprint density at radius 3 is 2.59 bits per heavy atom. The second-order valence-electron chi connectivity index (χ2n) is 6.64. The van der Waals surface area contributed by atoms with Crippen LogP contribution in [0, 0.1) is 5.92 Å². The lowest BCUT2D eigenvalue weighted by Gasteiger charge is -2.18. The van der Waals surface area contributed by atoms with Crippen molar-refractivity contribution in [3.05, 3.63) is 47.0 Å². The fourth-order valence-electron chi connectivity index (χ4n) is 3.47.